The molecular weight excluding hydrogens is 326 g/mol. The van der Waals surface area contributed by atoms with Crippen LogP contribution in [0.25, 0.3) is 11.3 Å². The van der Waals surface area contributed by atoms with Gasteiger partial charge in [-0.25, -0.2) is 9.97 Å². The third kappa shape index (κ3) is 2.45. The Balaban J connectivity index is 1.85. The van der Waals surface area contributed by atoms with Gasteiger partial charge in [0.05, 0.1) is 29.5 Å². The summed E-state index contributed by atoms with van der Waals surface area (Å²) in [4.78, 5) is 10.4. The number of aliphatic hydroxyl groups is 1. The van der Waals surface area contributed by atoms with E-state index in [-0.39, 0.29) is 30.5 Å². The molecule has 0 spiro atoms. The van der Waals surface area contributed by atoms with Crippen LogP contribution >= 0.6 is 0 Å². The molecule has 2 atom stereocenters. The second kappa shape index (κ2) is 5.46. The van der Waals surface area contributed by atoms with Crippen LogP contribution < -0.4 is 4.90 Å². The minimum Gasteiger partial charge on any atom is -0.389 e. The van der Waals surface area contributed by atoms with Crippen LogP contribution in [0.3, 0.4) is 0 Å². The molecule has 4 rings (SSSR count). The average Bonchev–Trinajstić information content (AvgIpc) is 2.93. The van der Waals surface area contributed by atoms with Crippen molar-refractivity contribution in [2.45, 2.75) is 37.8 Å². The maximum absolute atomic E-state index is 14.3. The van der Waals surface area contributed by atoms with Crippen LogP contribution in [0.15, 0.2) is 24.3 Å². The first-order chi connectivity index (χ1) is 11.9. The van der Waals surface area contributed by atoms with Crippen molar-refractivity contribution in [3.63, 3.8) is 0 Å². The maximum atomic E-state index is 14.3. The molecule has 0 saturated carbocycles. The topological polar surface area (TPSA) is 73.0 Å². The SMILES string of the molecule is C[C@H]1[C@H](O)CN1c1nc(-c2ccc(C#N)cc2)c2c(n1)C(F)(F)CC2. The fourth-order valence-corrected chi connectivity index (χ4v) is 3.34. The lowest BCUT2D eigenvalue weighted by atomic mass is 10.0. The van der Waals surface area contributed by atoms with Crippen LogP contribution in [0.2, 0.25) is 0 Å². The lowest BCUT2D eigenvalue weighted by Gasteiger charge is -2.43. The molecule has 5 nitrogen and oxygen atoms in total. The molecule has 1 saturated heterocycles. The number of halogens is 2. The number of β-amino-alcohol motifs (C(OH)–C–C–N with tert-alkyl or cyclic N) is 1. The number of aliphatic hydroxyl groups excluding tert-OH is 1. The number of nitriles is 1. The second-order valence-corrected chi connectivity index (χ2v) is 6.55. The number of alkyl halides is 2. The number of hydrogen-bond acceptors (Lipinski definition) is 5. The number of rotatable bonds is 2. The van der Waals surface area contributed by atoms with Crippen LogP contribution in [-0.2, 0) is 12.3 Å². The van der Waals surface area contributed by atoms with Gasteiger partial charge in [0.25, 0.3) is 5.92 Å². The molecule has 0 radical (unpaired) electrons. The number of fused-ring (bicyclic) bond motifs is 1. The fraction of sp³-hybridized carbons (Fsp3) is 0.389. The number of nitrogens with zero attached hydrogens (tertiary/aromatic N) is 4. The first-order valence-corrected chi connectivity index (χ1v) is 8.15. The summed E-state index contributed by atoms with van der Waals surface area (Å²) in [5.74, 6) is -2.75. The van der Waals surface area contributed by atoms with Crippen molar-refractivity contribution in [3.05, 3.63) is 41.1 Å². The Hall–Kier alpha value is -2.59. The highest BCUT2D eigenvalue weighted by Crippen LogP contribution is 2.44. The van der Waals surface area contributed by atoms with E-state index in [0.717, 1.165) is 0 Å². The van der Waals surface area contributed by atoms with Gasteiger partial charge in [0, 0.05) is 24.1 Å². The van der Waals surface area contributed by atoms with Gasteiger partial charge in [-0.15, -0.1) is 0 Å². The predicted octanol–water partition coefficient (Wildman–Crippen LogP) is 2.62. The average molecular weight is 342 g/mol. The highest BCUT2D eigenvalue weighted by atomic mass is 19.3. The number of aromatic nitrogens is 2. The number of benzene rings is 1. The molecule has 2 heterocycles. The molecule has 1 fully saturated rings. The van der Waals surface area contributed by atoms with E-state index in [0.29, 0.717) is 28.9 Å². The minimum atomic E-state index is -2.97. The molecule has 128 valence electrons. The lowest BCUT2D eigenvalue weighted by molar-refractivity contribution is -0.00603. The molecule has 25 heavy (non-hydrogen) atoms. The zero-order valence-electron chi connectivity index (χ0n) is 13.6. The van der Waals surface area contributed by atoms with E-state index in [1.165, 1.54) is 0 Å². The molecule has 0 amide bonds. The van der Waals surface area contributed by atoms with Crippen LogP contribution in [0, 0.1) is 11.3 Å². The van der Waals surface area contributed by atoms with E-state index >= 15 is 0 Å². The van der Waals surface area contributed by atoms with Gasteiger partial charge in [-0.05, 0) is 25.5 Å². The third-order valence-electron chi connectivity index (χ3n) is 5.01. The fourth-order valence-electron chi connectivity index (χ4n) is 3.34. The Morgan fingerprint density at radius 1 is 1.28 bits per heavy atom. The van der Waals surface area contributed by atoms with E-state index in [2.05, 4.69) is 9.97 Å². The summed E-state index contributed by atoms with van der Waals surface area (Å²) in [5.41, 5.74) is 1.91. The zero-order chi connectivity index (χ0) is 17.8. The Bertz CT molecular complexity index is 876. The standard InChI is InChI=1S/C18H16F2N4O/c1-10-14(25)9-24(10)17-22-15(12-4-2-11(8-21)3-5-12)13-6-7-18(19,20)16(13)23-17/h2-5,10,14,25H,6-7,9H2,1H3/t10-,14+/m0/s1. The van der Waals surface area contributed by atoms with Crippen molar-refractivity contribution >= 4 is 5.95 Å². The first-order valence-electron chi connectivity index (χ1n) is 8.15. The minimum absolute atomic E-state index is 0.207. The Labute approximate surface area is 143 Å². The summed E-state index contributed by atoms with van der Waals surface area (Å²) in [6.45, 7) is 2.14. The van der Waals surface area contributed by atoms with Crippen molar-refractivity contribution in [2.75, 3.05) is 11.4 Å². The largest absolute Gasteiger partial charge is 0.389 e. The molecule has 2 aromatic rings. The van der Waals surface area contributed by atoms with Gasteiger partial charge >= 0.3 is 0 Å². The highest BCUT2D eigenvalue weighted by Gasteiger charge is 2.45. The highest BCUT2D eigenvalue weighted by molar-refractivity contribution is 5.68. The maximum Gasteiger partial charge on any atom is 0.290 e. The summed E-state index contributed by atoms with van der Waals surface area (Å²) in [6.07, 6.45) is -0.561. The van der Waals surface area contributed by atoms with Gasteiger partial charge in [-0.3, -0.25) is 0 Å². The van der Waals surface area contributed by atoms with Crippen molar-refractivity contribution in [1.29, 1.82) is 5.26 Å². The summed E-state index contributed by atoms with van der Waals surface area (Å²) in [6, 6.07) is 8.56. The van der Waals surface area contributed by atoms with Crippen LogP contribution in [0.1, 0.15) is 30.2 Å². The third-order valence-corrected chi connectivity index (χ3v) is 5.01. The summed E-state index contributed by atoms with van der Waals surface area (Å²) < 4.78 is 28.6. The Morgan fingerprint density at radius 3 is 2.60 bits per heavy atom. The van der Waals surface area contributed by atoms with Crippen LogP contribution in [0.5, 0.6) is 0 Å². The van der Waals surface area contributed by atoms with E-state index < -0.39 is 12.0 Å². The van der Waals surface area contributed by atoms with Crippen molar-refractivity contribution in [2.24, 2.45) is 0 Å². The molecule has 7 heteroatoms. The van der Waals surface area contributed by atoms with Gasteiger partial charge in [-0.2, -0.15) is 14.0 Å². The molecule has 1 aromatic heterocycles. The number of anilines is 1. The van der Waals surface area contributed by atoms with E-state index in [1.807, 2.05) is 13.0 Å². The van der Waals surface area contributed by atoms with Gasteiger partial charge < -0.3 is 10.0 Å². The normalized spacial score (nSPS) is 23.7. The van der Waals surface area contributed by atoms with Gasteiger partial charge in [0.15, 0.2) is 0 Å². The van der Waals surface area contributed by atoms with Gasteiger partial charge in [0.2, 0.25) is 5.95 Å². The molecule has 1 aromatic carbocycles. The lowest BCUT2D eigenvalue weighted by Crippen LogP contribution is -2.59. The molecule has 1 N–H and O–H groups in total. The smallest absolute Gasteiger partial charge is 0.290 e. The van der Waals surface area contributed by atoms with Crippen molar-refractivity contribution in [3.8, 4) is 17.3 Å². The Morgan fingerprint density at radius 2 is 2.00 bits per heavy atom. The van der Waals surface area contributed by atoms with Crippen LogP contribution in [0.4, 0.5) is 14.7 Å². The van der Waals surface area contributed by atoms with Gasteiger partial charge in [-0.1, -0.05) is 12.1 Å². The Kier molecular flexibility index (Phi) is 3.48. The molecule has 2 aliphatic rings. The number of hydrogen-bond donors (Lipinski definition) is 1. The van der Waals surface area contributed by atoms with Crippen molar-refractivity contribution < 1.29 is 13.9 Å². The molecule has 0 bridgehead atoms. The van der Waals surface area contributed by atoms with Gasteiger partial charge in [0.1, 0.15) is 5.69 Å². The molecule has 1 aliphatic heterocycles. The molecule has 0 unspecified atom stereocenters. The van der Waals surface area contributed by atoms with Crippen molar-refractivity contribution in [1.82, 2.24) is 9.97 Å². The first kappa shape index (κ1) is 15.9. The van der Waals surface area contributed by atoms with E-state index in [1.54, 1.807) is 29.2 Å². The van der Waals surface area contributed by atoms with Crippen LogP contribution in [-0.4, -0.2) is 33.8 Å². The quantitative estimate of drug-likeness (QED) is 0.908. The predicted molar refractivity (Wildman–Crippen MR) is 87.2 cm³/mol. The zero-order valence-corrected chi connectivity index (χ0v) is 13.6. The monoisotopic (exact) mass is 342 g/mol. The molecular formula is C18H16F2N4O. The summed E-state index contributed by atoms with van der Waals surface area (Å²) in [5, 5.41) is 18.6. The molecule has 1 aliphatic carbocycles. The second-order valence-electron chi connectivity index (χ2n) is 6.55. The van der Waals surface area contributed by atoms with E-state index in [4.69, 9.17) is 5.26 Å². The summed E-state index contributed by atoms with van der Waals surface area (Å²) >= 11 is 0. The summed E-state index contributed by atoms with van der Waals surface area (Å²) in [7, 11) is 0. The van der Waals surface area contributed by atoms with E-state index in [9.17, 15) is 13.9 Å².